The Bertz CT molecular complexity index is 917. The van der Waals surface area contributed by atoms with Crippen LogP contribution in [0, 0.1) is 5.92 Å². The van der Waals surface area contributed by atoms with E-state index in [1.165, 1.54) is 31.2 Å². The highest BCUT2D eigenvalue weighted by molar-refractivity contribution is 5.70. The smallest absolute Gasteiger partial charge is 0.306 e. The van der Waals surface area contributed by atoms with Crippen molar-refractivity contribution in [2.24, 2.45) is 5.92 Å². The van der Waals surface area contributed by atoms with Crippen molar-refractivity contribution in [2.45, 2.75) is 44.4 Å². The Hall–Kier alpha value is -2.60. The minimum absolute atomic E-state index is 0.102. The SMILES string of the molecule is COC(=O)CC(CN1CC[C@@H](CCc2ccc3c(n2)NCCC3)C1)c1cccc(OC)c1. The van der Waals surface area contributed by atoms with E-state index in [2.05, 4.69) is 28.4 Å². The third-order valence-corrected chi connectivity index (χ3v) is 6.82. The van der Waals surface area contributed by atoms with E-state index in [1.807, 2.05) is 18.2 Å². The molecular weight excluding hydrogens is 402 g/mol. The number of hydrogen-bond acceptors (Lipinski definition) is 6. The average Bonchev–Trinajstić information content (AvgIpc) is 3.29. The van der Waals surface area contributed by atoms with Crippen LogP contribution in [0.15, 0.2) is 36.4 Å². The van der Waals surface area contributed by atoms with Crippen LogP contribution < -0.4 is 10.1 Å². The zero-order valence-corrected chi connectivity index (χ0v) is 19.3. The fourth-order valence-electron chi connectivity index (χ4n) is 4.95. The highest BCUT2D eigenvalue weighted by Crippen LogP contribution is 2.29. The summed E-state index contributed by atoms with van der Waals surface area (Å²) < 4.78 is 10.4. The summed E-state index contributed by atoms with van der Waals surface area (Å²) in [5, 5.41) is 3.44. The number of pyridine rings is 1. The molecule has 1 aromatic carbocycles. The molecule has 2 aliphatic rings. The monoisotopic (exact) mass is 437 g/mol. The van der Waals surface area contributed by atoms with Crippen LogP contribution in [0.4, 0.5) is 5.82 Å². The number of fused-ring (bicyclic) bond motifs is 1. The molecule has 0 amide bonds. The zero-order chi connectivity index (χ0) is 22.3. The van der Waals surface area contributed by atoms with Gasteiger partial charge in [0, 0.05) is 31.2 Å². The second kappa shape index (κ2) is 10.8. The highest BCUT2D eigenvalue weighted by atomic mass is 16.5. The number of esters is 1. The molecule has 1 aromatic heterocycles. The van der Waals surface area contributed by atoms with Crippen LogP contribution in [0.3, 0.4) is 0 Å². The predicted molar refractivity (Wildman–Crippen MR) is 126 cm³/mol. The van der Waals surface area contributed by atoms with Crippen molar-refractivity contribution in [3.63, 3.8) is 0 Å². The van der Waals surface area contributed by atoms with Gasteiger partial charge in [-0.15, -0.1) is 0 Å². The number of anilines is 1. The molecule has 2 aromatic rings. The van der Waals surface area contributed by atoms with Crippen LogP contribution in [0.25, 0.3) is 0 Å². The molecule has 1 saturated heterocycles. The number of methoxy groups -OCH3 is 2. The molecule has 6 nitrogen and oxygen atoms in total. The van der Waals surface area contributed by atoms with Crippen LogP contribution in [-0.4, -0.2) is 56.3 Å². The summed E-state index contributed by atoms with van der Waals surface area (Å²) in [5.74, 6) is 2.52. The summed E-state index contributed by atoms with van der Waals surface area (Å²) in [7, 11) is 3.13. The van der Waals surface area contributed by atoms with E-state index in [4.69, 9.17) is 14.5 Å². The van der Waals surface area contributed by atoms with E-state index >= 15 is 0 Å². The number of nitrogens with one attached hydrogen (secondary N) is 1. The maximum atomic E-state index is 12.1. The number of aromatic nitrogens is 1. The highest BCUT2D eigenvalue weighted by Gasteiger charge is 2.27. The van der Waals surface area contributed by atoms with Gasteiger partial charge in [-0.2, -0.15) is 0 Å². The van der Waals surface area contributed by atoms with E-state index in [1.54, 1.807) is 7.11 Å². The Morgan fingerprint density at radius 1 is 1.28 bits per heavy atom. The second-order valence-electron chi connectivity index (χ2n) is 9.05. The predicted octanol–water partition coefficient (Wildman–Crippen LogP) is 4.05. The van der Waals surface area contributed by atoms with Gasteiger partial charge in [-0.1, -0.05) is 18.2 Å². The molecule has 3 heterocycles. The van der Waals surface area contributed by atoms with Crippen molar-refractivity contribution in [3.05, 3.63) is 53.2 Å². The van der Waals surface area contributed by atoms with E-state index in [0.29, 0.717) is 12.3 Å². The minimum Gasteiger partial charge on any atom is -0.497 e. The standard InChI is InChI=1S/C26H35N3O3/c1-31-24-7-3-5-21(15-24)22(16-25(30)32-2)18-29-14-12-19(17-29)8-10-23-11-9-20-6-4-13-27-26(20)28-23/h3,5,7,9,11,15,19,22H,4,6,8,10,12-14,16-18H2,1-2H3,(H,27,28)/t19-,22?/m1/s1. The summed E-state index contributed by atoms with van der Waals surface area (Å²) in [5.41, 5.74) is 3.67. The van der Waals surface area contributed by atoms with E-state index in [-0.39, 0.29) is 11.9 Å². The van der Waals surface area contributed by atoms with Gasteiger partial charge in [-0.05, 0) is 73.9 Å². The molecule has 172 valence electrons. The number of carbonyl (C=O) groups is 1. The molecule has 1 fully saturated rings. The largest absolute Gasteiger partial charge is 0.497 e. The Labute approximate surface area is 191 Å². The fraction of sp³-hybridized carbons (Fsp3) is 0.538. The number of aryl methyl sites for hydroxylation is 2. The number of carbonyl (C=O) groups excluding carboxylic acids is 1. The number of benzene rings is 1. The van der Waals surface area contributed by atoms with Crippen LogP contribution in [0.5, 0.6) is 5.75 Å². The summed E-state index contributed by atoms with van der Waals surface area (Å²) >= 11 is 0. The zero-order valence-electron chi connectivity index (χ0n) is 19.3. The number of rotatable bonds is 9. The van der Waals surface area contributed by atoms with Gasteiger partial charge in [0.25, 0.3) is 0 Å². The normalized spacial score (nSPS) is 19.1. The topological polar surface area (TPSA) is 63.7 Å². The van der Waals surface area contributed by atoms with Gasteiger partial charge < -0.3 is 19.7 Å². The summed E-state index contributed by atoms with van der Waals surface area (Å²) in [4.78, 5) is 19.4. The van der Waals surface area contributed by atoms with Gasteiger partial charge in [0.2, 0.25) is 0 Å². The van der Waals surface area contributed by atoms with Crippen molar-refractivity contribution in [1.82, 2.24) is 9.88 Å². The van der Waals surface area contributed by atoms with E-state index in [9.17, 15) is 4.79 Å². The summed E-state index contributed by atoms with van der Waals surface area (Å²) in [6.45, 7) is 4.04. The molecular formula is C26H35N3O3. The maximum Gasteiger partial charge on any atom is 0.306 e. The van der Waals surface area contributed by atoms with Gasteiger partial charge in [0.1, 0.15) is 11.6 Å². The van der Waals surface area contributed by atoms with Crippen molar-refractivity contribution >= 4 is 11.8 Å². The lowest BCUT2D eigenvalue weighted by Gasteiger charge is -2.24. The second-order valence-corrected chi connectivity index (χ2v) is 9.05. The van der Waals surface area contributed by atoms with Crippen LogP contribution >= 0.6 is 0 Å². The minimum atomic E-state index is -0.166. The molecule has 1 unspecified atom stereocenters. The molecule has 2 aliphatic heterocycles. The Kier molecular flexibility index (Phi) is 7.63. The Morgan fingerprint density at radius 2 is 2.19 bits per heavy atom. The van der Waals surface area contributed by atoms with Gasteiger partial charge in [0.15, 0.2) is 0 Å². The lowest BCUT2D eigenvalue weighted by Crippen LogP contribution is -2.28. The van der Waals surface area contributed by atoms with Gasteiger partial charge >= 0.3 is 5.97 Å². The van der Waals surface area contributed by atoms with Crippen molar-refractivity contribution in [1.29, 1.82) is 0 Å². The van der Waals surface area contributed by atoms with E-state index < -0.39 is 0 Å². The first-order valence-corrected chi connectivity index (χ1v) is 11.8. The first-order valence-electron chi connectivity index (χ1n) is 11.8. The molecule has 0 spiro atoms. The molecule has 32 heavy (non-hydrogen) atoms. The number of likely N-dealkylation sites (tertiary alicyclic amines) is 1. The lowest BCUT2D eigenvalue weighted by molar-refractivity contribution is -0.141. The van der Waals surface area contributed by atoms with Crippen LogP contribution in [0.1, 0.15) is 48.4 Å². The molecule has 2 atom stereocenters. The first-order chi connectivity index (χ1) is 15.6. The van der Waals surface area contributed by atoms with Crippen molar-refractivity contribution in [3.8, 4) is 5.75 Å². The molecule has 0 radical (unpaired) electrons. The Morgan fingerprint density at radius 3 is 3.03 bits per heavy atom. The molecule has 1 N–H and O–H groups in total. The van der Waals surface area contributed by atoms with Gasteiger partial charge in [0.05, 0.1) is 20.6 Å². The third-order valence-electron chi connectivity index (χ3n) is 6.82. The molecule has 0 bridgehead atoms. The lowest BCUT2D eigenvalue weighted by atomic mass is 9.94. The molecule has 0 aliphatic carbocycles. The third kappa shape index (κ3) is 5.80. The van der Waals surface area contributed by atoms with Crippen LogP contribution in [-0.2, 0) is 22.4 Å². The fourth-order valence-corrected chi connectivity index (χ4v) is 4.95. The summed E-state index contributed by atoms with van der Waals surface area (Å²) in [6.07, 6.45) is 6.09. The number of hydrogen-bond donors (Lipinski definition) is 1. The maximum absolute atomic E-state index is 12.1. The summed E-state index contributed by atoms with van der Waals surface area (Å²) in [6, 6.07) is 12.5. The molecule has 4 rings (SSSR count). The average molecular weight is 438 g/mol. The van der Waals surface area contributed by atoms with Crippen molar-refractivity contribution in [2.75, 3.05) is 45.7 Å². The Balaban J connectivity index is 1.33. The molecule has 6 heteroatoms. The van der Waals surface area contributed by atoms with E-state index in [0.717, 1.165) is 62.6 Å². The number of ether oxygens (including phenoxy) is 2. The molecule has 0 saturated carbocycles. The quantitative estimate of drug-likeness (QED) is 0.597. The van der Waals surface area contributed by atoms with Crippen molar-refractivity contribution < 1.29 is 14.3 Å². The first kappa shape index (κ1) is 22.6. The van der Waals surface area contributed by atoms with Gasteiger partial charge in [-0.3, -0.25) is 4.79 Å². The number of nitrogens with zero attached hydrogens (tertiary/aromatic N) is 2. The van der Waals surface area contributed by atoms with Crippen LogP contribution in [0.2, 0.25) is 0 Å². The van der Waals surface area contributed by atoms with Gasteiger partial charge in [-0.25, -0.2) is 4.98 Å².